The number of hydrogen-bond donors (Lipinski definition) is 0. The summed E-state index contributed by atoms with van der Waals surface area (Å²) in [5.74, 6) is -1.12. The third-order valence-electron chi connectivity index (χ3n) is 3.52. The lowest BCUT2D eigenvalue weighted by atomic mass is 9.68. The second-order valence-electron chi connectivity index (χ2n) is 4.70. The third-order valence-corrected chi connectivity index (χ3v) is 4.39. The molecule has 0 amide bonds. The number of aliphatic carboxylic acids is 1. The summed E-state index contributed by atoms with van der Waals surface area (Å²) in [6, 6.07) is 3.60. The van der Waals surface area contributed by atoms with Crippen molar-refractivity contribution in [3.63, 3.8) is 0 Å². The van der Waals surface area contributed by atoms with Crippen molar-refractivity contribution in [3.05, 3.63) is 22.4 Å². The summed E-state index contributed by atoms with van der Waals surface area (Å²) < 4.78 is 0. The molecule has 2 rings (SSSR count). The molecule has 1 saturated carbocycles. The lowest BCUT2D eigenvalue weighted by molar-refractivity contribution is -0.307. The summed E-state index contributed by atoms with van der Waals surface area (Å²) >= 11 is 1.39. The summed E-state index contributed by atoms with van der Waals surface area (Å²) in [7, 11) is 0. The summed E-state index contributed by atoms with van der Waals surface area (Å²) in [5, 5.41) is 12.7. The van der Waals surface area contributed by atoms with E-state index < -0.39 is 11.4 Å². The minimum absolute atomic E-state index is 0.00333. The number of carboxylic acids is 1. The first-order chi connectivity index (χ1) is 8.14. The van der Waals surface area contributed by atoms with Crippen LogP contribution in [0, 0.1) is 5.41 Å². The Morgan fingerprint density at radius 1 is 1.29 bits per heavy atom. The van der Waals surface area contributed by atoms with E-state index in [0.29, 0.717) is 17.7 Å². The van der Waals surface area contributed by atoms with Crippen LogP contribution in [0.5, 0.6) is 0 Å². The fourth-order valence-corrected chi connectivity index (χ4v) is 3.44. The van der Waals surface area contributed by atoms with Gasteiger partial charge in [0.1, 0.15) is 0 Å². The van der Waals surface area contributed by atoms with Gasteiger partial charge in [-0.25, -0.2) is 0 Å². The van der Waals surface area contributed by atoms with Crippen molar-refractivity contribution < 1.29 is 14.7 Å². The molecular weight excluding hydrogens is 236 g/mol. The number of hydrogen-bond acceptors (Lipinski definition) is 4. The Morgan fingerprint density at radius 3 is 2.53 bits per heavy atom. The maximum atomic E-state index is 12.4. The Kier molecular flexibility index (Phi) is 3.62. The van der Waals surface area contributed by atoms with Gasteiger partial charge in [-0.1, -0.05) is 25.3 Å². The highest BCUT2D eigenvalue weighted by Gasteiger charge is 2.40. The van der Waals surface area contributed by atoms with Crippen molar-refractivity contribution in [1.82, 2.24) is 0 Å². The largest absolute Gasteiger partial charge is 0.550 e. The molecule has 1 aromatic rings. The van der Waals surface area contributed by atoms with Gasteiger partial charge in [0.2, 0.25) is 0 Å². The summed E-state index contributed by atoms with van der Waals surface area (Å²) in [5.41, 5.74) is -0.706. The van der Waals surface area contributed by atoms with Crippen LogP contribution in [0.2, 0.25) is 0 Å². The van der Waals surface area contributed by atoms with Crippen LogP contribution in [0.1, 0.15) is 48.2 Å². The van der Waals surface area contributed by atoms with Crippen LogP contribution in [-0.4, -0.2) is 11.8 Å². The van der Waals surface area contributed by atoms with E-state index in [1.165, 1.54) is 11.3 Å². The molecule has 0 N–H and O–H groups in total. The van der Waals surface area contributed by atoms with E-state index >= 15 is 0 Å². The highest BCUT2D eigenvalue weighted by molar-refractivity contribution is 7.12. The highest BCUT2D eigenvalue weighted by atomic mass is 32.1. The lowest BCUT2D eigenvalue weighted by Crippen LogP contribution is -2.39. The van der Waals surface area contributed by atoms with Crippen molar-refractivity contribution in [1.29, 1.82) is 0 Å². The number of carbonyl (C=O) groups excluding carboxylic acids is 2. The molecule has 0 bridgehead atoms. The second kappa shape index (κ2) is 5.00. The number of rotatable bonds is 4. The highest BCUT2D eigenvalue weighted by Crippen LogP contribution is 2.42. The maximum Gasteiger partial charge on any atom is 0.179 e. The Labute approximate surface area is 104 Å². The maximum absolute atomic E-state index is 12.4. The Hall–Kier alpha value is -1.16. The van der Waals surface area contributed by atoms with Crippen LogP contribution >= 0.6 is 11.3 Å². The van der Waals surface area contributed by atoms with E-state index in [1.807, 2.05) is 11.4 Å². The van der Waals surface area contributed by atoms with Crippen molar-refractivity contribution >= 4 is 23.1 Å². The van der Waals surface area contributed by atoms with E-state index in [9.17, 15) is 14.7 Å². The molecule has 4 heteroatoms. The molecule has 1 fully saturated rings. The lowest BCUT2D eigenvalue weighted by Gasteiger charge is -2.35. The molecule has 3 nitrogen and oxygen atoms in total. The number of ketones is 1. The van der Waals surface area contributed by atoms with Crippen LogP contribution < -0.4 is 5.11 Å². The molecule has 0 radical (unpaired) electrons. The van der Waals surface area contributed by atoms with Gasteiger partial charge in [0.05, 0.1) is 4.88 Å². The molecule has 0 aromatic carbocycles. The number of thiophene rings is 1. The van der Waals surface area contributed by atoms with Crippen LogP contribution in [0.3, 0.4) is 0 Å². The van der Waals surface area contributed by atoms with Gasteiger partial charge in [0, 0.05) is 11.4 Å². The monoisotopic (exact) mass is 251 g/mol. The molecule has 17 heavy (non-hydrogen) atoms. The zero-order chi connectivity index (χ0) is 12.3. The van der Waals surface area contributed by atoms with Crippen LogP contribution in [0.15, 0.2) is 17.5 Å². The molecule has 1 aliphatic rings. The number of carboxylic acid groups (broad SMARTS) is 1. The summed E-state index contributed by atoms with van der Waals surface area (Å²) in [6.45, 7) is 0. The van der Waals surface area contributed by atoms with Gasteiger partial charge in [-0.05, 0) is 30.7 Å². The Balaban J connectivity index is 2.26. The quantitative estimate of drug-likeness (QED) is 0.769. The minimum atomic E-state index is -1.11. The predicted molar refractivity (Wildman–Crippen MR) is 63.8 cm³/mol. The first-order valence-corrected chi connectivity index (χ1v) is 6.80. The van der Waals surface area contributed by atoms with E-state index in [1.54, 1.807) is 6.07 Å². The molecule has 0 spiro atoms. The van der Waals surface area contributed by atoms with Crippen LogP contribution in [0.4, 0.5) is 0 Å². The van der Waals surface area contributed by atoms with Gasteiger partial charge in [-0.2, -0.15) is 0 Å². The Bertz CT molecular complexity index is 402. The molecular formula is C13H15O3S-. The molecule has 92 valence electrons. The number of carbonyl (C=O) groups is 2. The molecule has 1 aromatic heterocycles. The molecule has 0 aliphatic heterocycles. The van der Waals surface area contributed by atoms with Crippen molar-refractivity contribution in [2.45, 2.75) is 38.5 Å². The average molecular weight is 251 g/mol. The van der Waals surface area contributed by atoms with Gasteiger partial charge in [-0.3, -0.25) is 4.79 Å². The zero-order valence-electron chi connectivity index (χ0n) is 9.61. The molecule has 0 saturated heterocycles. The third kappa shape index (κ3) is 2.57. The van der Waals surface area contributed by atoms with Crippen LogP contribution in [-0.2, 0) is 4.79 Å². The van der Waals surface area contributed by atoms with Crippen molar-refractivity contribution in [3.8, 4) is 0 Å². The fourth-order valence-electron chi connectivity index (χ4n) is 2.66. The zero-order valence-corrected chi connectivity index (χ0v) is 10.4. The molecule has 1 aliphatic carbocycles. The predicted octanol–water partition coefficient (Wildman–Crippen LogP) is 2.02. The van der Waals surface area contributed by atoms with Crippen molar-refractivity contribution in [2.75, 3.05) is 0 Å². The topological polar surface area (TPSA) is 57.2 Å². The normalized spacial score (nSPS) is 18.8. The van der Waals surface area contributed by atoms with E-state index in [-0.39, 0.29) is 12.2 Å². The first kappa shape index (κ1) is 12.3. The van der Waals surface area contributed by atoms with Gasteiger partial charge in [0.25, 0.3) is 0 Å². The second-order valence-corrected chi connectivity index (χ2v) is 5.64. The average Bonchev–Trinajstić information content (AvgIpc) is 2.81. The number of Topliss-reactive ketones (excluding diaryl/α,β-unsaturated/α-hetero) is 1. The van der Waals surface area contributed by atoms with E-state index in [4.69, 9.17) is 0 Å². The van der Waals surface area contributed by atoms with Gasteiger partial charge >= 0.3 is 0 Å². The van der Waals surface area contributed by atoms with Gasteiger partial charge in [-0.15, -0.1) is 11.3 Å². The smallest absolute Gasteiger partial charge is 0.179 e. The van der Waals surface area contributed by atoms with E-state index in [0.717, 1.165) is 19.3 Å². The fraction of sp³-hybridized carbons (Fsp3) is 0.538. The summed E-state index contributed by atoms with van der Waals surface area (Å²) in [6.07, 6.45) is 4.18. The summed E-state index contributed by atoms with van der Waals surface area (Å²) in [4.78, 5) is 24.0. The minimum Gasteiger partial charge on any atom is -0.550 e. The Morgan fingerprint density at radius 2 is 2.00 bits per heavy atom. The standard InChI is InChI=1S/C13H16O3S/c14-11(15)9-13(6-2-1-3-7-13)12(16)10-5-4-8-17-10/h4-5,8H,1-3,6-7,9H2,(H,14,15)/p-1. The molecule has 1 heterocycles. The van der Waals surface area contributed by atoms with Crippen molar-refractivity contribution in [2.24, 2.45) is 5.41 Å². The SMILES string of the molecule is O=C([O-])CC1(C(=O)c2cccs2)CCCCC1. The molecule has 0 atom stereocenters. The molecule has 0 unspecified atom stereocenters. The first-order valence-electron chi connectivity index (χ1n) is 5.92. The van der Waals surface area contributed by atoms with Crippen LogP contribution in [0.25, 0.3) is 0 Å². The van der Waals surface area contributed by atoms with E-state index in [2.05, 4.69) is 0 Å². The van der Waals surface area contributed by atoms with Gasteiger partial charge < -0.3 is 9.90 Å². The van der Waals surface area contributed by atoms with Gasteiger partial charge in [0.15, 0.2) is 5.78 Å².